The number of halogens is 4. The maximum absolute atomic E-state index is 13.4. The van der Waals surface area contributed by atoms with Crippen LogP contribution in [-0.4, -0.2) is 17.3 Å². The van der Waals surface area contributed by atoms with Crippen molar-refractivity contribution in [3.05, 3.63) is 35.1 Å². The Kier molecular flexibility index (Phi) is 6.52. The number of nitrogens with one attached hydrogen (secondary N) is 1. The molecule has 1 aromatic rings. The molecule has 0 heterocycles. The van der Waals surface area contributed by atoms with E-state index in [0.29, 0.717) is 12.5 Å². The van der Waals surface area contributed by atoms with Crippen LogP contribution in [0.2, 0.25) is 0 Å². The third-order valence-corrected chi connectivity index (χ3v) is 4.37. The summed E-state index contributed by atoms with van der Waals surface area (Å²) in [5.41, 5.74) is -0.492. The molecule has 0 aliphatic carbocycles. The predicted molar refractivity (Wildman–Crippen MR) is 75.4 cm³/mol. The molecule has 0 radical (unpaired) electrons. The summed E-state index contributed by atoms with van der Waals surface area (Å²) in [7, 11) is 0. The molecule has 1 atom stereocenters. The molecule has 0 saturated carbocycles. The monoisotopic (exact) mass is 351 g/mol. The minimum absolute atomic E-state index is 0.0507. The van der Waals surface area contributed by atoms with Crippen LogP contribution in [0.25, 0.3) is 0 Å². The van der Waals surface area contributed by atoms with Gasteiger partial charge in [-0.05, 0) is 18.1 Å². The van der Waals surface area contributed by atoms with Crippen molar-refractivity contribution < 1.29 is 18.0 Å². The minimum atomic E-state index is -1.63. The molecule has 6 heteroatoms. The number of alkyl halides is 1. The van der Waals surface area contributed by atoms with Gasteiger partial charge in [0, 0.05) is 11.4 Å². The Hall–Kier alpha value is -1.04. The number of hydrogen-bond donors (Lipinski definition) is 1. The Morgan fingerprint density at radius 3 is 2.35 bits per heavy atom. The Bertz CT molecular complexity index is 478. The van der Waals surface area contributed by atoms with E-state index in [9.17, 15) is 18.0 Å². The number of amides is 1. The number of rotatable bonds is 6. The second-order valence-electron chi connectivity index (χ2n) is 4.53. The highest BCUT2D eigenvalue weighted by molar-refractivity contribution is 9.09. The average Bonchev–Trinajstić information content (AvgIpc) is 2.43. The number of hydrogen-bond acceptors (Lipinski definition) is 1. The molecule has 0 aromatic heterocycles. The van der Waals surface area contributed by atoms with Crippen LogP contribution in [-0.2, 0) is 0 Å². The van der Waals surface area contributed by atoms with Crippen molar-refractivity contribution in [2.45, 2.75) is 31.5 Å². The van der Waals surface area contributed by atoms with E-state index in [1.54, 1.807) is 0 Å². The van der Waals surface area contributed by atoms with E-state index in [1.165, 1.54) is 0 Å². The van der Waals surface area contributed by atoms with Crippen LogP contribution < -0.4 is 5.32 Å². The van der Waals surface area contributed by atoms with Crippen molar-refractivity contribution in [1.29, 1.82) is 0 Å². The molecule has 20 heavy (non-hydrogen) atoms. The molecule has 1 rings (SSSR count). The molecule has 1 aromatic carbocycles. The summed E-state index contributed by atoms with van der Waals surface area (Å²) >= 11 is 3.47. The van der Waals surface area contributed by atoms with Gasteiger partial charge in [0.05, 0.1) is 5.56 Å². The highest BCUT2D eigenvalue weighted by atomic mass is 79.9. The van der Waals surface area contributed by atoms with E-state index in [0.717, 1.165) is 25.0 Å². The molecule has 1 unspecified atom stereocenters. The van der Waals surface area contributed by atoms with Crippen molar-refractivity contribution in [3.63, 3.8) is 0 Å². The lowest BCUT2D eigenvalue weighted by molar-refractivity contribution is 0.0946. The van der Waals surface area contributed by atoms with Crippen LogP contribution in [0.5, 0.6) is 0 Å². The Balaban J connectivity index is 2.71. The fourth-order valence-electron chi connectivity index (χ4n) is 1.95. The lowest BCUT2D eigenvalue weighted by Crippen LogP contribution is -2.33. The summed E-state index contributed by atoms with van der Waals surface area (Å²) in [6.07, 6.45) is 1.89. The first-order valence-corrected chi connectivity index (χ1v) is 7.39. The van der Waals surface area contributed by atoms with Gasteiger partial charge in [-0.3, -0.25) is 4.79 Å². The SMILES string of the molecule is CCC(CC)C(Br)CNC(=O)c1ccc(F)c(F)c1F. The fraction of sp³-hybridized carbons (Fsp3) is 0.500. The summed E-state index contributed by atoms with van der Waals surface area (Å²) in [5.74, 6) is -4.78. The van der Waals surface area contributed by atoms with Gasteiger partial charge in [-0.15, -0.1) is 0 Å². The first kappa shape index (κ1) is 17.0. The summed E-state index contributed by atoms with van der Waals surface area (Å²) in [6.45, 7) is 4.38. The molecule has 1 amide bonds. The van der Waals surface area contributed by atoms with Crippen LogP contribution in [0.15, 0.2) is 12.1 Å². The fourth-order valence-corrected chi connectivity index (χ4v) is 2.86. The van der Waals surface area contributed by atoms with E-state index in [-0.39, 0.29) is 4.83 Å². The second kappa shape index (κ2) is 7.67. The molecule has 0 saturated heterocycles. The van der Waals surface area contributed by atoms with Gasteiger partial charge in [0.25, 0.3) is 5.91 Å². The normalized spacial score (nSPS) is 12.6. The zero-order valence-electron chi connectivity index (χ0n) is 11.4. The van der Waals surface area contributed by atoms with Crippen molar-refractivity contribution in [1.82, 2.24) is 5.32 Å². The Labute approximate surface area is 124 Å². The molecular weight excluding hydrogens is 335 g/mol. The maximum Gasteiger partial charge on any atom is 0.254 e. The summed E-state index contributed by atoms with van der Waals surface area (Å²) in [6, 6.07) is 1.67. The lowest BCUT2D eigenvalue weighted by atomic mass is 9.99. The zero-order valence-corrected chi connectivity index (χ0v) is 12.9. The Morgan fingerprint density at radius 2 is 1.80 bits per heavy atom. The molecule has 0 bridgehead atoms. The molecule has 1 N–H and O–H groups in total. The quantitative estimate of drug-likeness (QED) is 0.608. The van der Waals surface area contributed by atoms with E-state index < -0.39 is 28.9 Å². The third kappa shape index (κ3) is 3.98. The molecule has 112 valence electrons. The number of carbonyl (C=O) groups is 1. The second-order valence-corrected chi connectivity index (χ2v) is 5.70. The molecular formula is C14H17BrF3NO. The highest BCUT2D eigenvalue weighted by Gasteiger charge is 2.20. The van der Waals surface area contributed by atoms with Crippen molar-refractivity contribution in [2.24, 2.45) is 5.92 Å². The largest absolute Gasteiger partial charge is 0.351 e. The van der Waals surface area contributed by atoms with E-state index in [2.05, 4.69) is 21.2 Å². The molecule has 0 spiro atoms. The van der Waals surface area contributed by atoms with Gasteiger partial charge in [0.15, 0.2) is 17.5 Å². The van der Waals surface area contributed by atoms with E-state index >= 15 is 0 Å². The Morgan fingerprint density at radius 1 is 1.20 bits per heavy atom. The van der Waals surface area contributed by atoms with Gasteiger partial charge in [-0.1, -0.05) is 42.6 Å². The van der Waals surface area contributed by atoms with E-state index in [1.807, 2.05) is 13.8 Å². The number of carbonyl (C=O) groups excluding carboxylic acids is 1. The van der Waals surface area contributed by atoms with Gasteiger partial charge >= 0.3 is 0 Å². The third-order valence-electron chi connectivity index (χ3n) is 3.30. The molecule has 0 fully saturated rings. The highest BCUT2D eigenvalue weighted by Crippen LogP contribution is 2.20. The summed E-state index contributed by atoms with van der Waals surface area (Å²) in [4.78, 5) is 11.8. The van der Waals surface area contributed by atoms with Gasteiger partial charge in [0.1, 0.15) is 0 Å². The van der Waals surface area contributed by atoms with Crippen molar-refractivity contribution in [3.8, 4) is 0 Å². The number of benzene rings is 1. The molecule has 0 aliphatic heterocycles. The molecule has 2 nitrogen and oxygen atoms in total. The maximum atomic E-state index is 13.4. The van der Waals surface area contributed by atoms with Gasteiger partial charge in [-0.25, -0.2) is 13.2 Å². The van der Waals surface area contributed by atoms with Gasteiger partial charge in [0.2, 0.25) is 0 Å². The van der Waals surface area contributed by atoms with Gasteiger partial charge in [-0.2, -0.15) is 0 Å². The average molecular weight is 352 g/mol. The first-order valence-electron chi connectivity index (χ1n) is 6.48. The van der Waals surface area contributed by atoms with Crippen molar-refractivity contribution in [2.75, 3.05) is 6.54 Å². The summed E-state index contributed by atoms with van der Waals surface area (Å²) < 4.78 is 39.3. The van der Waals surface area contributed by atoms with Crippen LogP contribution in [0.1, 0.15) is 37.0 Å². The predicted octanol–water partition coefficient (Wildman–Crippen LogP) is 4.03. The van der Waals surface area contributed by atoms with Crippen LogP contribution >= 0.6 is 15.9 Å². The molecule has 0 aliphatic rings. The van der Waals surface area contributed by atoms with E-state index in [4.69, 9.17) is 0 Å². The van der Waals surface area contributed by atoms with Crippen LogP contribution in [0, 0.1) is 23.4 Å². The summed E-state index contributed by atoms with van der Waals surface area (Å²) in [5, 5.41) is 2.52. The first-order chi connectivity index (χ1) is 9.42. The smallest absolute Gasteiger partial charge is 0.254 e. The standard InChI is InChI=1S/C14H17BrF3NO/c1-3-8(4-2)10(15)7-19-14(20)9-5-6-11(16)13(18)12(9)17/h5-6,8,10H,3-4,7H2,1-2H3,(H,19,20). The van der Waals surface area contributed by atoms with Crippen molar-refractivity contribution >= 4 is 21.8 Å². The zero-order chi connectivity index (χ0) is 15.3. The van der Waals surface area contributed by atoms with Crippen LogP contribution in [0.4, 0.5) is 13.2 Å². The topological polar surface area (TPSA) is 29.1 Å². The van der Waals surface area contributed by atoms with Gasteiger partial charge < -0.3 is 5.32 Å². The van der Waals surface area contributed by atoms with Crippen LogP contribution in [0.3, 0.4) is 0 Å². The lowest BCUT2D eigenvalue weighted by Gasteiger charge is -2.20. The minimum Gasteiger partial charge on any atom is -0.351 e.